The summed E-state index contributed by atoms with van der Waals surface area (Å²) in [6, 6.07) is -0.0938. The number of amides is 4. The van der Waals surface area contributed by atoms with Gasteiger partial charge in [-0.15, -0.1) is 0 Å². The molecule has 2 fully saturated rings. The van der Waals surface area contributed by atoms with Crippen LogP contribution in [0.1, 0.15) is 72.6 Å². The topological polar surface area (TPSA) is 69.7 Å². The van der Waals surface area contributed by atoms with Gasteiger partial charge in [0, 0.05) is 12.1 Å². The van der Waals surface area contributed by atoms with E-state index in [4.69, 9.17) is 0 Å². The highest BCUT2D eigenvalue weighted by atomic mass is 16.2. The van der Waals surface area contributed by atoms with Gasteiger partial charge in [0.05, 0.1) is 0 Å². The summed E-state index contributed by atoms with van der Waals surface area (Å²) >= 11 is 0. The normalized spacial score (nSPS) is 26.7. The van der Waals surface area contributed by atoms with Crippen LogP contribution in [0.15, 0.2) is 0 Å². The smallest absolute Gasteiger partial charge is 0.325 e. The zero-order valence-electron chi connectivity index (χ0n) is 15.4. The Kier molecular flexibility index (Phi) is 5.88. The van der Waals surface area contributed by atoms with Crippen molar-refractivity contribution < 1.29 is 14.4 Å². The lowest BCUT2D eigenvalue weighted by atomic mass is 9.88. The summed E-state index contributed by atoms with van der Waals surface area (Å²) in [7, 11) is 0. The number of urea groups is 1. The maximum atomic E-state index is 12.9. The third-order valence-corrected chi connectivity index (χ3v) is 5.37. The van der Waals surface area contributed by atoms with E-state index in [1.54, 1.807) is 0 Å². The quantitative estimate of drug-likeness (QED) is 0.758. The van der Waals surface area contributed by atoms with E-state index in [2.05, 4.69) is 5.32 Å². The summed E-state index contributed by atoms with van der Waals surface area (Å²) in [5.74, 6) is -0.358. The Bertz CT molecular complexity index is 490. The summed E-state index contributed by atoms with van der Waals surface area (Å²) in [5.41, 5.74) is -0.819. The van der Waals surface area contributed by atoms with Crippen LogP contribution >= 0.6 is 0 Å². The second kappa shape index (κ2) is 7.53. The third kappa shape index (κ3) is 3.42. The predicted octanol–water partition coefficient (Wildman–Crippen LogP) is 2.67. The van der Waals surface area contributed by atoms with Crippen LogP contribution in [0.2, 0.25) is 0 Å². The summed E-state index contributed by atoms with van der Waals surface area (Å²) in [5, 5.41) is 2.87. The van der Waals surface area contributed by atoms with Crippen molar-refractivity contribution in [1.29, 1.82) is 0 Å². The standard InChI is InChI=1S/C18H31N3O3/c1-5-10-18(11-6-2)16(23)20(17(24)19-18)12-15(22)21-13(3)8-7-9-14(21)4/h13-14H,5-12H2,1-4H3,(H,19,24)/t13-,14+. The number of nitrogens with zero attached hydrogens (tertiary/aromatic N) is 2. The van der Waals surface area contributed by atoms with Gasteiger partial charge in [-0.2, -0.15) is 0 Å². The lowest BCUT2D eigenvalue weighted by molar-refractivity contribution is -0.143. The first-order chi connectivity index (χ1) is 11.4. The number of hydrogen-bond acceptors (Lipinski definition) is 3. The number of imide groups is 1. The second-order valence-electron chi connectivity index (χ2n) is 7.33. The summed E-state index contributed by atoms with van der Waals surface area (Å²) in [4.78, 5) is 40.9. The van der Waals surface area contributed by atoms with Crippen LogP contribution in [-0.4, -0.2) is 51.8 Å². The van der Waals surface area contributed by atoms with Gasteiger partial charge in [-0.3, -0.25) is 14.5 Å². The molecule has 4 amide bonds. The van der Waals surface area contributed by atoms with E-state index in [-0.39, 0.29) is 30.4 Å². The van der Waals surface area contributed by atoms with Gasteiger partial charge >= 0.3 is 6.03 Å². The van der Waals surface area contributed by atoms with E-state index in [0.717, 1.165) is 37.0 Å². The molecule has 0 aromatic carbocycles. The van der Waals surface area contributed by atoms with Gasteiger partial charge in [0.15, 0.2) is 0 Å². The average Bonchev–Trinajstić information content (AvgIpc) is 2.72. The lowest BCUT2D eigenvalue weighted by Gasteiger charge is -2.39. The second-order valence-corrected chi connectivity index (χ2v) is 7.33. The molecule has 2 saturated heterocycles. The van der Waals surface area contributed by atoms with Gasteiger partial charge in [0.25, 0.3) is 5.91 Å². The fraction of sp³-hybridized carbons (Fsp3) is 0.833. The van der Waals surface area contributed by atoms with Gasteiger partial charge < -0.3 is 10.2 Å². The third-order valence-electron chi connectivity index (χ3n) is 5.37. The molecule has 0 spiro atoms. The first-order valence-electron chi connectivity index (χ1n) is 9.31. The molecule has 24 heavy (non-hydrogen) atoms. The molecule has 136 valence electrons. The van der Waals surface area contributed by atoms with Crippen LogP contribution < -0.4 is 5.32 Å². The number of carbonyl (C=O) groups excluding carboxylic acids is 3. The fourth-order valence-electron chi connectivity index (χ4n) is 4.27. The molecule has 2 aliphatic heterocycles. The molecule has 6 nitrogen and oxygen atoms in total. The number of piperidine rings is 1. The summed E-state index contributed by atoms with van der Waals surface area (Å²) < 4.78 is 0. The highest BCUT2D eigenvalue weighted by Crippen LogP contribution is 2.29. The van der Waals surface area contributed by atoms with Gasteiger partial charge in [0.2, 0.25) is 5.91 Å². The number of likely N-dealkylation sites (tertiary alicyclic amines) is 1. The van der Waals surface area contributed by atoms with Gasteiger partial charge in [-0.05, 0) is 46.0 Å². The Labute approximate surface area is 144 Å². The van der Waals surface area contributed by atoms with Gasteiger partial charge in [0.1, 0.15) is 12.1 Å². The van der Waals surface area contributed by atoms with E-state index in [9.17, 15) is 14.4 Å². The fourth-order valence-corrected chi connectivity index (χ4v) is 4.27. The molecule has 2 aliphatic rings. The van der Waals surface area contributed by atoms with Crippen molar-refractivity contribution in [2.45, 2.75) is 90.3 Å². The Morgan fingerprint density at radius 2 is 1.67 bits per heavy atom. The molecule has 2 heterocycles. The first kappa shape index (κ1) is 18.7. The van der Waals surface area contributed by atoms with E-state index < -0.39 is 11.6 Å². The van der Waals surface area contributed by atoms with Crippen molar-refractivity contribution in [2.75, 3.05) is 6.54 Å². The van der Waals surface area contributed by atoms with Crippen LogP contribution in [0.3, 0.4) is 0 Å². The van der Waals surface area contributed by atoms with Crippen molar-refractivity contribution >= 4 is 17.8 Å². The van der Waals surface area contributed by atoms with Crippen molar-refractivity contribution in [1.82, 2.24) is 15.1 Å². The van der Waals surface area contributed by atoms with Crippen LogP contribution in [0.25, 0.3) is 0 Å². The molecule has 6 heteroatoms. The van der Waals surface area contributed by atoms with Crippen molar-refractivity contribution in [3.8, 4) is 0 Å². The Morgan fingerprint density at radius 1 is 1.12 bits per heavy atom. The van der Waals surface area contributed by atoms with E-state index in [0.29, 0.717) is 12.8 Å². The predicted molar refractivity (Wildman–Crippen MR) is 92.4 cm³/mol. The zero-order valence-corrected chi connectivity index (χ0v) is 15.4. The lowest BCUT2D eigenvalue weighted by Crippen LogP contribution is -2.52. The number of rotatable bonds is 6. The van der Waals surface area contributed by atoms with Crippen molar-refractivity contribution in [3.63, 3.8) is 0 Å². The maximum absolute atomic E-state index is 12.9. The molecule has 1 N–H and O–H groups in total. The van der Waals surface area contributed by atoms with Crippen LogP contribution in [0.4, 0.5) is 4.79 Å². The van der Waals surface area contributed by atoms with Crippen LogP contribution in [-0.2, 0) is 9.59 Å². The van der Waals surface area contributed by atoms with E-state index >= 15 is 0 Å². The molecular weight excluding hydrogens is 306 g/mol. The number of nitrogens with one attached hydrogen (secondary N) is 1. The van der Waals surface area contributed by atoms with E-state index in [1.807, 2.05) is 32.6 Å². The minimum absolute atomic E-state index is 0.123. The monoisotopic (exact) mass is 337 g/mol. The van der Waals surface area contributed by atoms with Gasteiger partial charge in [-0.25, -0.2) is 4.79 Å². The molecular formula is C18H31N3O3. The molecule has 0 aromatic rings. The summed E-state index contributed by atoms with van der Waals surface area (Å²) in [6.45, 7) is 7.94. The summed E-state index contributed by atoms with van der Waals surface area (Å²) in [6.07, 6.45) is 5.93. The molecule has 0 unspecified atom stereocenters. The first-order valence-corrected chi connectivity index (χ1v) is 9.31. The van der Waals surface area contributed by atoms with Crippen molar-refractivity contribution in [2.24, 2.45) is 0 Å². The zero-order chi connectivity index (χ0) is 17.9. The molecule has 2 rings (SSSR count). The maximum Gasteiger partial charge on any atom is 0.325 e. The minimum atomic E-state index is -0.819. The minimum Gasteiger partial charge on any atom is -0.336 e. The molecule has 0 aliphatic carbocycles. The molecule has 0 radical (unpaired) electrons. The molecule has 0 saturated carbocycles. The van der Waals surface area contributed by atoms with Gasteiger partial charge in [-0.1, -0.05) is 26.7 Å². The Balaban J connectivity index is 2.12. The Hall–Kier alpha value is -1.59. The number of hydrogen-bond donors (Lipinski definition) is 1. The molecule has 0 bridgehead atoms. The number of carbonyl (C=O) groups is 3. The molecule has 2 atom stereocenters. The van der Waals surface area contributed by atoms with Crippen molar-refractivity contribution in [3.05, 3.63) is 0 Å². The highest BCUT2D eigenvalue weighted by molar-refractivity contribution is 6.09. The van der Waals surface area contributed by atoms with Crippen LogP contribution in [0, 0.1) is 0 Å². The molecule has 0 aromatic heterocycles. The SMILES string of the molecule is CCCC1(CCC)NC(=O)N(CC(=O)N2[C@H](C)CCC[C@@H]2C)C1=O. The van der Waals surface area contributed by atoms with Crippen LogP contribution in [0.5, 0.6) is 0 Å². The average molecular weight is 337 g/mol. The van der Waals surface area contributed by atoms with E-state index in [1.165, 1.54) is 0 Å². The largest absolute Gasteiger partial charge is 0.336 e. The Morgan fingerprint density at radius 3 is 2.17 bits per heavy atom. The highest BCUT2D eigenvalue weighted by Gasteiger charge is 2.50.